The summed E-state index contributed by atoms with van der Waals surface area (Å²) in [6.45, 7) is 4.08. The van der Waals surface area contributed by atoms with Crippen molar-refractivity contribution in [2.75, 3.05) is 18.0 Å². The highest BCUT2D eigenvalue weighted by molar-refractivity contribution is 5.95. The first-order valence-electron chi connectivity index (χ1n) is 6.25. The number of aromatic nitrogens is 1. The van der Waals surface area contributed by atoms with Crippen molar-refractivity contribution in [2.45, 2.75) is 32.6 Å². The van der Waals surface area contributed by atoms with Crippen LogP contribution in [0.2, 0.25) is 0 Å². The van der Waals surface area contributed by atoms with Crippen molar-refractivity contribution in [3.8, 4) is 0 Å². The number of pyridine rings is 1. The lowest BCUT2D eigenvalue weighted by atomic mass is 10.2. The number of nitrogen functional groups attached to an aromatic ring is 1. The van der Waals surface area contributed by atoms with Gasteiger partial charge in [-0.05, 0) is 31.9 Å². The van der Waals surface area contributed by atoms with E-state index in [1.807, 2.05) is 19.1 Å². The molecule has 3 N–H and O–H groups in total. The molecular formula is C13H20N4. The Balaban J connectivity index is 2.27. The summed E-state index contributed by atoms with van der Waals surface area (Å²) in [5.41, 5.74) is 7.25. The highest BCUT2D eigenvalue weighted by Crippen LogP contribution is 2.19. The molecule has 17 heavy (non-hydrogen) atoms. The Kier molecular flexibility index (Phi) is 3.61. The largest absolute Gasteiger partial charge is 0.384 e. The molecule has 0 atom stereocenters. The van der Waals surface area contributed by atoms with Crippen LogP contribution in [-0.2, 0) is 0 Å². The summed E-state index contributed by atoms with van der Waals surface area (Å²) < 4.78 is 0. The maximum Gasteiger partial charge on any atom is 0.129 e. The molecule has 92 valence electrons. The maximum absolute atomic E-state index is 7.52. The molecule has 0 aromatic carbocycles. The average molecular weight is 232 g/mol. The first kappa shape index (κ1) is 11.9. The molecule has 0 radical (unpaired) electrons. The topological polar surface area (TPSA) is 66.0 Å². The number of hydrogen-bond donors (Lipinski definition) is 2. The van der Waals surface area contributed by atoms with E-state index >= 15 is 0 Å². The second-order valence-corrected chi connectivity index (χ2v) is 4.67. The van der Waals surface area contributed by atoms with Crippen molar-refractivity contribution >= 4 is 11.7 Å². The molecule has 1 fully saturated rings. The predicted molar refractivity (Wildman–Crippen MR) is 70.7 cm³/mol. The minimum absolute atomic E-state index is 0.117. The molecule has 0 amide bonds. The molecule has 1 saturated heterocycles. The highest BCUT2D eigenvalue weighted by Gasteiger charge is 2.12. The summed E-state index contributed by atoms with van der Waals surface area (Å²) in [5, 5.41) is 7.52. The number of nitrogens with two attached hydrogens (primary N) is 1. The minimum Gasteiger partial charge on any atom is -0.384 e. The Labute approximate surface area is 102 Å². The van der Waals surface area contributed by atoms with E-state index in [1.54, 1.807) is 0 Å². The first-order chi connectivity index (χ1) is 8.16. The fourth-order valence-corrected chi connectivity index (χ4v) is 2.27. The standard InChI is InChI=1S/C13H20N4/c1-10-8-11(13(14)15)9-12(16-10)17-6-4-2-3-5-7-17/h8-9H,2-7H2,1H3,(H3,14,15). The first-order valence-corrected chi connectivity index (χ1v) is 6.25. The van der Waals surface area contributed by atoms with Crippen LogP contribution in [0.15, 0.2) is 12.1 Å². The lowest BCUT2D eigenvalue weighted by Crippen LogP contribution is -2.25. The lowest BCUT2D eigenvalue weighted by molar-refractivity contribution is 0.726. The van der Waals surface area contributed by atoms with Gasteiger partial charge in [0.1, 0.15) is 11.7 Å². The molecular weight excluding hydrogens is 212 g/mol. The number of anilines is 1. The maximum atomic E-state index is 7.52. The fraction of sp³-hybridized carbons (Fsp3) is 0.538. The normalized spacial score (nSPS) is 16.6. The number of nitrogens with one attached hydrogen (secondary N) is 1. The van der Waals surface area contributed by atoms with E-state index in [4.69, 9.17) is 11.1 Å². The highest BCUT2D eigenvalue weighted by atomic mass is 15.2. The van der Waals surface area contributed by atoms with E-state index < -0.39 is 0 Å². The summed E-state index contributed by atoms with van der Waals surface area (Å²) in [7, 11) is 0. The van der Waals surface area contributed by atoms with Crippen molar-refractivity contribution in [1.82, 2.24) is 4.98 Å². The van der Waals surface area contributed by atoms with Gasteiger partial charge in [0.25, 0.3) is 0 Å². The van der Waals surface area contributed by atoms with Crippen LogP contribution in [-0.4, -0.2) is 23.9 Å². The van der Waals surface area contributed by atoms with E-state index in [-0.39, 0.29) is 5.84 Å². The number of nitrogens with zero attached hydrogens (tertiary/aromatic N) is 2. The van der Waals surface area contributed by atoms with Gasteiger partial charge in [0.2, 0.25) is 0 Å². The Morgan fingerprint density at radius 1 is 1.24 bits per heavy atom. The molecule has 2 heterocycles. The lowest BCUT2D eigenvalue weighted by Gasteiger charge is -2.22. The van der Waals surface area contributed by atoms with Gasteiger partial charge < -0.3 is 10.6 Å². The molecule has 0 unspecified atom stereocenters. The molecule has 0 bridgehead atoms. The monoisotopic (exact) mass is 232 g/mol. The van der Waals surface area contributed by atoms with Gasteiger partial charge in [0.05, 0.1) is 0 Å². The van der Waals surface area contributed by atoms with Crippen LogP contribution in [0.1, 0.15) is 36.9 Å². The average Bonchev–Trinajstić information content (AvgIpc) is 2.56. The number of rotatable bonds is 2. The van der Waals surface area contributed by atoms with Crippen LogP contribution < -0.4 is 10.6 Å². The van der Waals surface area contributed by atoms with E-state index in [2.05, 4.69) is 9.88 Å². The predicted octanol–water partition coefficient (Wildman–Crippen LogP) is 2.05. The molecule has 1 aliphatic rings. The molecule has 4 nitrogen and oxygen atoms in total. The van der Waals surface area contributed by atoms with E-state index in [0.29, 0.717) is 0 Å². The Morgan fingerprint density at radius 2 is 1.88 bits per heavy atom. The Morgan fingerprint density at radius 3 is 2.47 bits per heavy atom. The van der Waals surface area contributed by atoms with Crippen molar-refractivity contribution < 1.29 is 0 Å². The van der Waals surface area contributed by atoms with Crippen molar-refractivity contribution in [3.05, 3.63) is 23.4 Å². The number of amidine groups is 1. The van der Waals surface area contributed by atoms with Crippen LogP contribution in [0.25, 0.3) is 0 Å². The molecule has 0 spiro atoms. The second kappa shape index (κ2) is 5.17. The minimum atomic E-state index is 0.117. The van der Waals surface area contributed by atoms with Crippen LogP contribution in [0, 0.1) is 12.3 Å². The zero-order valence-electron chi connectivity index (χ0n) is 10.4. The third-order valence-electron chi connectivity index (χ3n) is 3.18. The van der Waals surface area contributed by atoms with Crippen LogP contribution in [0.3, 0.4) is 0 Å². The SMILES string of the molecule is Cc1cc(C(=N)N)cc(N2CCCCCC2)n1. The molecule has 0 saturated carbocycles. The van der Waals surface area contributed by atoms with Gasteiger partial charge >= 0.3 is 0 Å². The molecule has 1 aromatic heterocycles. The van der Waals surface area contributed by atoms with Gasteiger partial charge in [0, 0.05) is 24.3 Å². The van der Waals surface area contributed by atoms with Gasteiger partial charge in [0.15, 0.2) is 0 Å². The zero-order valence-corrected chi connectivity index (χ0v) is 10.4. The van der Waals surface area contributed by atoms with Crippen molar-refractivity contribution in [3.63, 3.8) is 0 Å². The number of hydrogen-bond acceptors (Lipinski definition) is 3. The molecule has 2 rings (SSSR count). The molecule has 1 aromatic rings. The Hall–Kier alpha value is -1.58. The van der Waals surface area contributed by atoms with Crippen molar-refractivity contribution in [2.24, 2.45) is 5.73 Å². The molecule has 0 aliphatic carbocycles. The van der Waals surface area contributed by atoms with Crippen LogP contribution in [0.4, 0.5) is 5.82 Å². The summed E-state index contributed by atoms with van der Waals surface area (Å²) in [5.74, 6) is 1.09. The number of aryl methyl sites for hydroxylation is 1. The zero-order chi connectivity index (χ0) is 12.3. The third-order valence-corrected chi connectivity index (χ3v) is 3.18. The van der Waals surface area contributed by atoms with Crippen LogP contribution in [0.5, 0.6) is 0 Å². The second-order valence-electron chi connectivity index (χ2n) is 4.67. The van der Waals surface area contributed by atoms with Gasteiger partial charge in [-0.15, -0.1) is 0 Å². The van der Waals surface area contributed by atoms with Gasteiger partial charge in [-0.1, -0.05) is 12.8 Å². The Bertz CT molecular complexity index is 406. The smallest absolute Gasteiger partial charge is 0.129 e. The summed E-state index contributed by atoms with van der Waals surface area (Å²) in [6.07, 6.45) is 5.07. The van der Waals surface area contributed by atoms with Crippen molar-refractivity contribution in [1.29, 1.82) is 5.41 Å². The van der Waals surface area contributed by atoms with Crippen LogP contribution >= 0.6 is 0 Å². The van der Waals surface area contributed by atoms with E-state index in [0.717, 1.165) is 30.2 Å². The summed E-state index contributed by atoms with van der Waals surface area (Å²) in [6, 6.07) is 3.80. The van der Waals surface area contributed by atoms with E-state index in [9.17, 15) is 0 Å². The van der Waals surface area contributed by atoms with E-state index in [1.165, 1.54) is 25.7 Å². The third kappa shape index (κ3) is 2.96. The molecule has 4 heteroatoms. The summed E-state index contributed by atoms with van der Waals surface area (Å²) >= 11 is 0. The summed E-state index contributed by atoms with van der Waals surface area (Å²) in [4.78, 5) is 6.87. The van der Waals surface area contributed by atoms with Gasteiger partial charge in [-0.25, -0.2) is 4.98 Å². The fourth-order valence-electron chi connectivity index (χ4n) is 2.27. The van der Waals surface area contributed by atoms with Gasteiger partial charge in [-0.3, -0.25) is 5.41 Å². The van der Waals surface area contributed by atoms with Gasteiger partial charge in [-0.2, -0.15) is 0 Å². The molecule has 1 aliphatic heterocycles. The quantitative estimate of drug-likeness (QED) is 0.606.